The first-order valence-corrected chi connectivity index (χ1v) is 7.26. The number of hydrogen-bond donors (Lipinski definition) is 2. The fraction of sp³-hybridized carbons (Fsp3) is 0.364. The van der Waals surface area contributed by atoms with Gasteiger partial charge in [-0.15, -0.1) is 4.83 Å². The number of nitrogens with zero attached hydrogens (tertiary/aromatic N) is 1. The molecule has 0 radical (unpaired) electrons. The van der Waals surface area contributed by atoms with Gasteiger partial charge in [-0.05, 0) is 12.0 Å². The number of hydrogen-bond acceptors (Lipinski definition) is 5. The Balaban J connectivity index is 2.90. The van der Waals surface area contributed by atoms with Gasteiger partial charge in [0.1, 0.15) is 0 Å². The monoisotopic (exact) mass is 301 g/mol. The second-order valence-electron chi connectivity index (χ2n) is 4.48. The molecule has 0 fully saturated rings. The van der Waals surface area contributed by atoms with Gasteiger partial charge in [-0.3, -0.25) is 20.3 Å². The lowest BCUT2D eigenvalue weighted by Gasteiger charge is -2.09. The molecule has 0 bridgehead atoms. The third-order valence-corrected chi connectivity index (χ3v) is 3.56. The summed E-state index contributed by atoms with van der Waals surface area (Å²) < 4.78 is 23.8. The van der Waals surface area contributed by atoms with Crippen molar-refractivity contribution in [1.82, 2.24) is 10.3 Å². The first kappa shape index (κ1) is 16.1. The Bertz CT molecular complexity index is 612. The van der Waals surface area contributed by atoms with E-state index in [1.54, 1.807) is 13.8 Å². The van der Waals surface area contributed by atoms with Gasteiger partial charge < -0.3 is 0 Å². The van der Waals surface area contributed by atoms with Crippen molar-refractivity contribution in [1.29, 1.82) is 0 Å². The highest BCUT2D eigenvalue weighted by molar-refractivity contribution is 7.89. The van der Waals surface area contributed by atoms with Gasteiger partial charge in [-0.25, -0.2) is 8.42 Å². The average Bonchev–Trinajstić information content (AvgIpc) is 2.36. The molecule has 0 unspecified atom stereocenters. The number of carbonyl (C=O) groups is 1. The molecule has 0 saturated heterocycles. The summed E-state index contributed by atoms with van der Waals surface area (Å²) >= 11 is 0. The second kappa shape index (κ2) is 6.44. The molecule has 1 amide bonds. The number of rotatable bonds is 6. The molecule has 0 heterocycles. The summed E-state index contributed by atoms with van der Waals surface area (Å²) in [6, 6.07) is 4.88. The van der Waals surface area contributed by atoms with Gasteiger partial charge in [0.05, 0.1) is 4.92 Å². The van der Waals surface area contributed by atoms with Crippen LogP contribution in [0.1, 0.15) is 20.3 Å². The van der Waals surface area contributed by atoms with E-state index in [-0.39, 0.29) is 12.3 Å². The van der Waals surface area contributed by atoms with Crippen LogP contribution < -0.4 is 10.3 Å². The third kappa shape index (κ3) is 4.28. The average molecular weight is 301 g/mol. The van der Waals surface area contributed by atoms with Gasteiger partial charge in [0.25, 0.3) is 15.7 Å². The Morgan fingerprint density at radius 1 is 1.35 bits per heavy atom. The lowest BCUT2D eigenvalue weighted by Crippen LogP contribution is -2.42. The second-order valence-corrected chi connectivity index (χ2v) is 6.13. The molecule has 1 aromatic carbocycles. The first-order valence-electron chi connectivity index (χ1n) is 5.78. The molecular weight excluding hydrogens is 286 g/mol. The zero-order valence-corrected chi connectivity index (χ0v) is 11.8. The topological polar surface area (TPSA) is 118 Å². The quantitative estimate of drug-likeness (QED) is 0.599. The van der Waals surface area contributed by atoms with Gasteiger partial charge in [-0.2, -0.15) is 0 Å². The molecule has 0 aliphatic heterocycles. The molecule has 0 spiro atoms. The molecule has 20 heavy (non-hydrogen) atoms. The van der Waals surface area contributed by atoms with E-state index in [9.17, 15) is 23.3 Å². The van der Waals surface area contributed by atoms with Gasteiger partial charge in [-0.1, -0.05) is 26.0 Å². The maximum atomic E-state index is 11.9. The third-order valence-electron chi connectivity index (χ3n) is 2.27. The van der Waals surface area contributed by atoms with Crippen molar-refractivity contribution in [3.8, 4) is 0 Å². The Morgan fingerprint density at radius 3 is 2.50 bits per heavy atom. The van der Waals surface area contributed by atoms with E-state index in [2.05, 4.69) is 0 Å². The predicted molar refractivity (Wildman–Crippen MR) is 71.0 cm³/mol. The van der Waals surface area contributed by atoms with Crippen molar-refractivity contribution in [3.05, 3.63) is 34.4 Å². The molecule has 9 heteroatoms. The highest BCUT2D eigenvalue weighted by atomic mass is 32.2. The lowest BCUT2D eigenvalue weighted by atomic mass is 10.1. The van der Waals surface area contributed by atoms with Gasteiger partial charge in [0.2, 0.25) is 5.91 Å². The van der Waals surface area contributed by atoms with Crippen LogP contribution in [0.25, 0.3) is 0 Å². The van der Waals surface area contributed by atoms with E-state index in [1.165, 1.54) is 12.1 Å². The summed E-state index contributed by atoms with van der Waals surface area (Å²) in [7, 11) is -4.19. The highest BCUT2D eigenvalue weighted by Crippen LogP contribution is 2.22. The van der Waals surface area contributed by atoms with Crippen molar-refractivity contribution >= 4 is 21.6 Å². The summed E-state index contributed by atoms with van der Waals surface area (Å²) in [6.07, 6.45) is 0.138. The van der Waals surface area contributed by atoms with E-state index < -0.39 is 31.4 Å². The molecule has 0 saturated carbocycles. The number of benzene rings is 1. The predicted octanol–water partition coefficient (Wildman–Crippen LogP) is 0.950. The summed E-state index contributed by atoms with van der Waals surface area (Å²) in [5.41, 5.74) is 1.46. The highest BCUT2D eigenvalue weighted by Gasteiger charge is 2.25. The van der Waals surface area contributed by atoms with E-state index >= 15 is 0 Å². The molecule has 1 rings (SSSR count). The number of para-hydroxylation sites is 1. The van der Waals surface area contributed by atoms with Crippen LogP contribution in [0.3, 0.4) is 0 Å². The smallest absolute Gasteiger partial charge is 0.278 e. The Kier molecular flexibility index (Phi) is 5.17. The van der Waals surface area contributed by atoms with Crippen LogP contribution in [-0.2, 0) is 14.8 Å². The minimum atomic E-state index is -4.19. The molecule has 0 aliphatic carbocycles. The Morgan fingerprint density at radius 2 is 1.95 bits per heavy atom. The van der Waals surface area contributed by atoms with Crippen LogP contribution >= 0.6 is 0 Å². The summed E-state index contributed by atoms with van der Waals surface area (Å²) in [5.74, 6) is -0.451. The lowest BCUT2D eigenvalue weighted by molar-refractivity contribution is -0.387. The molecular formula is C11H15N3O5S. The fourth-order valence-electron chi connectivity index (χ4n) is 1.44. The normalized spacial score (nSPS) is 11.3. The van der Waals surface area contributed by atoms with Gasteiger partial charge in [0.15, 0.2) is 4.90 Å². The summed E-state index contributed by atoms with van der Waals surface area (Å²) in [6.45, 7) is 3.60. The first-order chi connectivity index (χ1) is 9.24. The van der Waals surface area contributed by atoms with Crippen molar-refractivity contribution in [2.45, 2.75) is 25.2 Å². The zero-order chi connectivity index (χ0) is 15.3. The minimum absolute atomic E-state index is 0.0607. The van der Waals surface area contributed by atoms with Crippen molar-refractivity contribution in [2.75, 3.05) is 0 Å². The minimum Gasteiger partial charge on any atom is -0.278 e. The van der Waals surface area contributed by atoms with E-state index in [1.807, 2.05) is 10.3 Å². The zero-order valence-electron chi connectivity index (χ0n) is 11.0. The van der Waals surface area contributed by atoms with Gasteiger partial charge >= 0.3 is 0 Å². The summed E-state index contributed by atoms with van der Waals surface area (Å²) in [4.78, 5) is 22.7. The molecule has 0 aliphatic rings. The van der Waals surface area contributed by atoms with Crippen LogP contribution in [-0.4, -0.2) is 19.2 Å². The van der Waals surface area contributed by atoms with E-state index in [4.69, 9.17) is 0 Å². The fourth-order valence-corrected chi connectivity index (χ4v) is 2.47. The van der Waals surface area contributed by atoms with Crippen LogP contribution in [0.15, 0.2) is 29.2 Å². The van der Waals surface area contributed by atoms with Crippen molar-refractivity contribution < 1.29 is 18.1 Å². The van der Waals surface area contributed by atoms with Crippen LogP contribution in [0.5, 0.6) is 0 Å². The molecule has 0 aromatic heterocycles. The molecule has 0 atom stereocenters. The van der Waals surface area contributed by atoms with Gasteiger partial charge in [0, 0.05) is 12.5 Å². The Labute approximate surface area is 116 Å². The standard InChI is InChI=1S/C11H15N3O5S/c1-8(2)7-11(15)12-13-20(18,19)10-6-4-3-5-9(10)14(16)17/h3-6,8,13H,7H2,1-2H3,(H,12,15). The van der Waals surface area contributed by atoms with Crippen LogP contribution in [0.4, 0.5) is 5.69 Å². The van der Waals surface area contributed by atoms with Crippen LogP contribution in [0.2, 0.25) is 0 Å². The maximum Gasteiger partial charge on any atom is 0.289 e. The molecule has 8 nitrogen and oxygen atoms in total. The number of carbonyl (C=O) groups excluding carboxylic acids is 1. The molecule has 1 aromatic rings. The number of amides is 1. The largest absolute Gasteiger partial charge is 0.289 e. The maximum absolute atomic E-state index is 11.9. The number of hydrazine groups is 1. The van der Waals surface area contributed by atoms with Crippen molar-refractivity contribution in [3.63, 3.8) is 0 Å². The molecule has 110 valence electrons. The number of nitrogens with one attached hydrogen (secondary N) is 2. The number of nitro groups is 1. The van der Waals surface area contributed by atoms with Crippen LogP contribution in [0, 0.1) is 16.0 Å². The van der Waals surface area contributed by atoms with Crippen molar-refractivity contribution in [2.24, 2.45) is 5.92 Å². The summed E-state index contributed by atoms with van der Waals surface area (Å²) in [5, 5.41) is 10.8. The Hall–Kier alpha value is -2.00. The molecule has 2 N–H and O–H groups in total. The number of sulfonamides is 1. The van der Waals surface area contributed by atoms with E-state index in [0.717, 1.165) is 12.1 Å². The number of nitro benzene ring substituents is 1. The van der Waals surface area contributed by atoms with E-state index in [0.29, 0.717) is 0 Å². The SMILES string of the molecule is CC(C)CC(=O)NNS(=O)(=O)c1ccccc1[N+](=O)[O-].